The van der Waals surface area contributed by atoms with Crippen LogP contribution in [0.3, 0.4) is 0 Å². The minimum atomic E-state index is -0.776. The zero-order chi connectivity index (χ0) is 51.4. The maximum Gasteiger partial charge on any atom is 0.306 e. The van der Waals surface area contributed by atoms with Gasteiger partial charge in [0.25, 0.3) is 0 Å². The topological polar surface area (TPSA) is 78.9 Å². The van der Waals surface area contributed by atoms with Crippen molar-refractivity contribution in [3.05, 3.63) is 48.6 Å². The molecular weight excluding hydrogens is 877 g/mol. The van der Waals surface area contributed by atoms with Crippen molar-refractivity contribution >= 4 is 17.9 Å². The lowest BCUT2D eigenvalue weighted by Gasteiger charge is -2.18. The smallest absolute Gasteiger partial charge is 0.306 e. The van der Waals surface area contributed by atoms with Crippen molar-refractivity contribution in [1.29, 1.82) is 0 Å². The first-order chi connectivity index (χ1) is 35.0. The summed E-state index contributed by atoms with van der Waals surface area (Å²) in [6, 6.07) is 0. The van der Waals surface area contributed by atoms with Gasteiger partial charge in [-0.3, -0.25) is 14.4 Å². The molecule has 71 heavy (non-hydrogen) atoms. The number of unbranched alkanes of at least 4 members (excludes halogenated alkanes) is 38. The molecule has 0 aliphatic rings. The molecule has 0 saturated carbocycles. The monoisotopic (exact) mass is 995 g/mol. The summed E-state index contributed by atoms with van der Waals surface area (Å²) in [5.74, 6) is -0.880. The molecule has 0 aromatic carbocycles. The lowest BCUT2D eigenvalue weighted by Crippen LogP contribution is -2.30. The van der Waals surface area contributed by atoms with Crippen molar-refractivity contribution < 1.29 is 28.6 Å². The van der Waals surface area contributed by atoms with E-state index >= 15 is 0 Å². The van der Waals surface area contributed by atoms with Gasteiger partial charge >= 0.3 is 17.9 Å². The average Bonchev–Trinajstić information content (AvgIpc) is 3.37. The normalized spacial score (nSPS) is 12.3. The zero-order valence-electron chi connectivity index (χ0n) is 47.5. The Morgan fingerprint density at radius 3 is 0.859 bits per heavy atom. The molecule has 1 atom stereocenters. The van der Waals surface area contributed by atoms with E-state index in [0.29, 0.717) is 19.3 Å². The summed E-state index contributed by atoms with van der Waals surface area (Å²) < 4.78 is 16.8. The fourth-order valence-corrected chi connectivity index (χ4v) is 9.20. The second-order valence-corrected chi connectivity index (χ2v) is 21.0. The number of hydrogen-bond donors (Lipinski definition) is 0. The van der Waals surface area contributed by atoms with Crippen LogP contribution in [0, 0.1) is 0 Å². The maximum absolute atomic E-state index is 12.8. The van der Waals surface area contributed by atoms with Crippen LogP contribution in [0.25, 0.3) is 0 Å². The van der Waals surface area contributed by atoms with Gasteiger partial charge < -0.3 is 14.2 Å². The second kappa shape index (κ2) is 59.9. The molecule has 1 unspecified atom stereocenters. The number of rotatable bonds is 57. The third kappa shape index (κ3) is 58.1. The van der Waals surface area contributed by atoms with E-state index in [-0.39, 0.29) is 31.1 Å². The van der Waals surface area contributed by atoms with Crippen LogP contribution in [0.1, 0.15) is 329 Å². The van der Waals surface area contributed by atoms with Crippen molar-refractivity contribution in [2.75, 3.05) is 13.2 Å². The third-order valence-electron chi connectivity index (χ3n) is 13.8. The van der Waals surface area contributed by atoms with Crippen LogP contribution in [0.5, 0.6) is 0 Å². The summed E-state index contributed by atoms with van der Waals surface area (Å²) >= 11 is 0. The number of ether oxygens (including phenoxy) is 3. The van der Waals surface area contributed by atoms with Crippen LogP contribution in [0.2, 0.25) is 0 Å². The Balaban J connectivity index is 4.08. The number of allylic oxidation sites excluding steroid dienone is 8. The second-order valence-electron chi connectivity index (χ2n) is 21.0. The molecule has 0 spiro atoms. The van der Waals surface area contributed by atoms with Gasteiger partial charge in [0, 0.05) is 19.3 Å². The highest BCUT2D eigenvalue weighted by molar-refractivity contribution is 5.71. The van der Waals surface area contributed by atoms with Gasteiger partial charge in [-0.15, -0.1) is 0 Å². The molecule has 0 heterocycles. The van der Waals surface area contributed by atoms with Gasteiger partial charge in [-0.25, -0.2) is 0 Å². The number of esters is 3. The molecule has 0 amide bonds. The molecular formula is C65H118O6. The summed E-state index contributed by atoms with van der Waals surface area (Å²) in [6.45, 7) is 6.52. The van der Waals surface area contributed by atoms with Crippen molar-refractivity contribution in [3.8, 4) is 0 Å². The lowest BCUT2D eigenvalue weighted by molar-refractivity contribution is -0.167. The van der Waals surface area contributed by atoms with Gasteiger partial charge in [-0.2, -0.15) is 0 Å². The van der Waals surface area contributed by atoms with Gasteiger partial charge in [-0.1, -0.05) is 301 Å². The van der Waals surface area contributed by atoms with Crippen molar-refractivity contribution in [1.82, 2.24) is 0 Å². The molecule has 0 aliphatic carbocycles. The minimum Gasteiger partial charge on any atom is -0.462 e. The van der Waals surface area contributed by atoms with E-state index in [9.17, 15) is 14.4 Å². The quantitative estimate of drug-likeness (QED) is 0.0261. The summed E-state index contributed by atoms with van der Waals surface area (Å²) in [5, 5.41) is 0. The van der Waals surface area contributed by atoms with Crippen LogP contribution < -0.4 is 0 Å². The molecule has 0 radical (unpaired) electrons. The fourth-order valence-electron chi connectivity index (χ4n) is 9.20. The standard InChI is InChI=1S/C65H118O6/c1-4-7-10-13-16-18-20-22-24-26-28-29-30-31-32-33-34-35-37-38-40-42-44-46-49-52-55-58-64(67)70-61-62(60-69-63(66)57-54-51-48-15-12-9-6-3)71-65(68)59-56-53-50-47-45-43-41-39-36-27-25-23-21-19-17-14-11-8-5-2/h8,11,17,19,23,25,36,39,62H,4-7,9-10,12-16,18,20-22,24,26-35,37-38,40-61H2,1-3H3/b11-8-,19-17-,25-23-,39-36-. The molecule has 6 nitrogen and oxygen atoms in total. The SMILES string of the molecule is CC/C=C\C/C=C\C/C=C\C/C=C\CCCCCCCCC(=O)OC(COC(=O)CCCCCCCCC)COC(=O)CCCCCCCCCCCCCCCCCCCCCCCCCCCCC. The van der Waals surface area contributed by atoms with Gasteiger partial charge in [-0.05, 0) is 57.8 Å². The van der Waals surface area contributed by atoms with Crippen LogP contribution >= 0.6 is 0 Å². The number of carbonyl (C=O) groups is 3. The van der Waals surface area contributed by atoms with E-state index in [2.05, 4.69) is 69.4 Å². The molecule has 6 heteroatoms. The Hall–Kier alpha value is -2.63. The molecule has 0 bridgehead atoms. The predicted molar refractivity (Wildman–Crippen MR) is 307 cm³/mol. The third-order valence-corrected chi connectivity index (χ3v) is 13.8. The number of hydrogen-bond acceptors (Lipinski definition) is 6. The van der Waals surface area contributed by atoms with E-state index in [1.54, 1.807) is 0 Å². The Morgan fingerprint density at radius 2 is 0.549 bits per heavy atom. The van der Waals surface area contributed by atoms with E-state index in [4.69, 9.17) is 14.2 Å². The highest BCUT2D eigenvalue weighted by atomic mass is 16.6. The van der Waals surface area contributed by atoms with Crippen molar-refractivity contribution in [2.45, 2.75) is 335 Å². The summed E-state index contributed by atoms with van der Waals surface area (Å²) in [7, 11) is 0. The minimum absolute atomic E-state index is 0.0753. The van der Waals surface area contributed by atoms with Gasteiger partial charge in [0.2, 0.25) is 0 Å². The summed E-state index contributed by atoms with van der Waals surface area (Å²) in [5.41, 5.74) is 0. The van der Waals surface area contributed by atoms with Crippen LogP contribution in [0.4, 0.5) is 0 Å². The van der Waals surface area contributed by atoms with Crippen molar-refractivity contribution in [2.24, 2.45) is 0 Å². The van der Waals surface area contributed by atoms with Crippen molar-refractivity contribution in [3.63, 3.8) is 0 Å². The van der Waals surface area contributed by atoms with E-state index < -0.39 is 6.10 Å². The molecule has 0 rings (SSSR count). The Kier molecular flexibility index (Phi) is 57.7. The van der Waals surface area contributed by atoms with E-state index in [0.717, 1.165) is 96.3 Å². The molecule has 0 N–H and O–H groups in total. The lowest BCUT2D eigenvalue weighted by atomic mass is 10.0. The van der Waals surface area contributed by atoms with Gasteiger partial charge in [0.15, 0.2) is 6.10 Å². The first-order valence-corrected chi connectivity index (χ1v) is 31.1. The molecule has 0 aromatic heterocycles. The van der Waals surface area contributed by atoms with Gasteiger partial charge in [0.1, 0.15) is 13.2 Å². The molecule has 0 aromatic rings. The molecule has 414 valence electrons. The number of carbonyl (C=O) groups excluding carboxylic acids is 3. The van der Waals surface area contributed by atoms with Crippen LogP contribution in [-0.4, -0.2) is 37.2 Å². The Bertz CT molecular complexity index is 1230. The maximum atomic E-state index is 12.8. The first kappa shape index (κ1) is 68.4. The van der Waals surface area contributed by atoms with E-state index in [1.165, 1.54) is 193 Å². The molecule has 0 fully saturated rings. The van der Waals surface area contributed by atoms with Crippen LogP contribution in [-0.2, 0) is 28.6 Å². The largest absolute Gasteiger partial charge is 0.462 e. The highest BCUT2D eigenvalue weighted by Crippen LogP contribution is 2.18. The molecule has 0 aliphatic heterocycles. The Labute approximate surface area is 441 Å². The summed E-state index contributed by atoms with van der Waals surface area (Å²) in [6.07, 6.45) is 74.4. The predicted octanol–water partition coefficient (Wildman–Crippen LogP) is 21.0. The van der Waals surface area contributed by atoms with E-state index in [1.807, 2.05) is 0 Å². The highest BCUT2D eigenvalue weighted by Gasteiger charge is 2.19. The average molecular weight is 996 g/mol. The molecule has 0 saturated heterocycles. The Morgan fingerprint density at radius 1 is 0.296 bits per heavy atom. The zero-order valence-corrected chi connectivity index (χ0v) is 47.5. The fraction of sp³-hybridized carbons (Fsp3) is 0.831. The van der Waals surface area contributed by atoms with Crippen LogP contribution in [0.15, 0.2) is 48.6 Å². The summed E-state index contributed by atoms with van der Waals surface area (Å²) in [4.78, 5) is 38.0. The van der Waals surface area contributed by atoms with Gasteiger partial charge in [0.05, 0.1) is 0 Å². The first-order valence-electron chi connectivity index (χ1n) is 31.1.